The molecule has 119 heavy (non-hydrogen) atoms. The largest absolute Gasteiger partial charge is 0.508 e. The van der Waals surface area contributed by atoms with E-state index in [0.717, 1.165) is 0 Å². The number of phenols is 1. The van der Waals surface area contributed by atoms with Gasteiger partial charge in [0.15, 0.2) is 0 Å². The Morgan fingerprint density at radius 1 is 0.538 bits per heavy atom. The van der Waals surface area contributed by atoms with E-state index >= 15 is 0 Å². The summed E-state index contributed by atoms with van der Waals surface area (Å²) in [6.07, 6.45) is 1.81. The third-order valence-electron chi connectivity index (χ3n) is 20.1. The number of nitrogens with zero attached hydrogens (tertiary/aromatic N) is 1. The van der Waals surface area contributed by atoms with Gasteiger partial charge < -0.3 is 116 Å². The summed E-state index contributed by atoms with van der Waals surface area (Å²) in [5.41, 5.74) is 13.4. The zero-order chi connectivity index (χ0) is 87.6. The molecule has 15 amide bonds. The molecular formula is C78H110N18O21S2. The summed E-state index contributed by atoms with van der Waals surface area (Å²) < 4.78 is 0. The number of likely N-dealkylation sites (tertiary alicyclic amines) is 1. The monoisotopic (exact) mass is 1700 g/mol. The molecule has 3 heterocycles. The van der Waals surface area contributed by atoms with Gasteiger partial charge in [0.25, 0.3) is 0 Å². The van der Waals surface area contributed by atoms with Gasteiger partial charge in [-0.05, 0) is 111 Å². The van der Waals surface area contributed by atoms with Gasteiger partial charge in [-0.25, -0.2) is 4.79 Å². The fraction of sp³-hybridized carbons (Fsp3) is 0.526. The molecule has 2 saturated heterocycles. The number of rotatable bonds is 49. The topological polar surface area (TPSA) is 611 Å². The highest BCUT2D eigenvalue weighted by atomic mass is 32.1. The number of H-pyrrole nitrogens is 1. The van der Waals surface area contributed by atoms with Crippen molar-refractivity contribution in [2.24, 2.45) is 23.3 Å². The van der Waals surface area contributed by atoms with E-state index in [2.05, 4.69) is 105 Å². The summed E-state index contributed by atoms with van der Waals surface area (Å²) in [5.74, 6) is -18.7. The van der Waals surface area contributed by atoms with Crippen LogP contribution in [0.15, 0.2) is 85.1 Å². The van der Waals surface area contributed by atoms with Crippen LogP contribution in [0.5, 0.6) is 5.75 Å². The Balaban J connectivity index is 1.09. The normalized spacial score (nSPS) is 16.7. The van der Waals surface area contributed by atoms with Crippen LogP contribution in [0.4, 0.5) is 0 Å². The first kappa shape index (κ1) is 96.4. The summed E-state index contributed by atoms with van der Waals surface area (Å²) in [6, 6.07) is 2.66. The molecule has 0 spiro atoms. The number of benzene rings is 3. The number of thiol groups is 2. The Hall–Kier alpha value is -11.4. The Kier molecular flexibility index (Phi) is 39.3. The first-order valence-corrected chi connectivity index (χ1v) is 40.5. The highest BCUT2D eigenvalue weighted by Gasteiger charge is 2.42. The third kappa shape index (κ3) is 30.5. The standard InChI is InChI=1S/C78H110N18O21S2/c1-5-42(4)65(76(114)89-53(31-43-15-7-6-8-16-43)71(109)92-57(39-118)73(111)88-54(33-45-35-82-48-18-10-9-17-47(45)48)72(110)86-50(19-11-12-28-79)70(108)95-64(41(2)3)78(116)117)94-62(101)37-84-67(105)56(38-97)91-69(107)51(26-27-63(102)103)85-61(100)36-83-66(104)52(32-44-22-24-46(98)25-23-44)87-74(112)58(40-119)93-75(113)59-21-14-30-96(59)77(115)55(34-60(80)99)90-68(106)49-20-13-29-81-49/h6-10,15-18,22-25,35,41-42,49-59,64-65,81-82,97-98,118-119H,5,11-14,19-21,26-34,36-40,79H2,1-4H3,(H2,80,99)(H,83,104)(H,84,105)(H,85,100)(H,86,110)(H,87,112)(H,88,111)(H,89,114)(H,90,106)(H,91,107)(H,92,109)(H,93,113)(H,94,101)(H,95,108)(H,102,103)(H,116,117)/t42-,49-,50-,51-,52-,53-,54-,55-,56-,57-,58-,59-,64-,65-/m0/s1. The lowest BCUT2D eigenvalue weighted by Gasteiger charge is -2.30. The van der Waals surface area contributed by atoms with E-state index in [-0.39, 0.29) is 68.9 Å². The molecule has 41 heteroatoms. The van der Waals surface area contributed by atoms with Crippen LogP contribution in [0.3, 0.4) is 0 Å². The molecule has 0 saturated carbocycles. The van der Waals surface area contributed by atoms with Gasteiger partial charge in [-0.2, -0.15) is 25.3 Å². The number of hydrogen-bond acceptors (Lipinski definition) is 23. The van der Waals surface area contributed by atoms with Gasteiger partial charge in [-0.1, -0.05) is 94.8 Å². The molecule has 0 bridgehead atoms. The average molecular weight is 1700 g/mol. The molecule has 0 radical (unpaired) electrons. The maximum absolute atomic E-state index is 14.6. The molecule has 23 N–H and O–H groups in total. The lowest BCUT2D eigenvalue weighted by molar-refractivity contribution is -0.143. The third-order valence-corrected chi connectivity index (χ3v) is 20.8. The van der Waals surface area contributed by atoms with Gasteiger partial charge in [-0.3, -0.25) is 76.7 Å². The maximum Gasteiger partial charge on any atom is 0.326 e. The fourth-order valence-electron chi connectivity index (χ4n) is 13.2. The second-order valence-electron chi connectivity index (χ2n) is 29.4. The number of carbonyl (C=O) groups is 17. The number of unbranched alkanes of at least 4 members (excludes halogenated alkanes) is 1. The fourth-order valence-corrected chi connectivity index (χ4v) is 13.8. The van der Waals surface area contributed by atoms with Crippen molar-refractivity contribution in [1.82, 2.24) is 84.3 Å². The number of aliphatic carboxylic acids is 2. The predicted molar refractivity (Wildman–Crippen MR) is 437 cm³/mol. The van der Waals surface area contributed by atoms with Crippen molar-refractivity contribution in [3.63, 3.8) is 0 Å². The number of fused-ring (bicyclic) bond motifs is 1. The number of para-hydroxylation sites is 1. The molecule has 14 atom stereocenters. The second kappa shape index (κ2) is 48.5. The molecule has 6 rings (SSSR count). The first-order chi connectivity index (χ1) is 56.7. The van der Waals surface area contributed by atoms with Crippen molar-refractivity contribution in [3.05, 3.63) is 102 Å². The van der Waals surface area contributed by atoms with Crippen LogP contribution in [0.25, 0.3) is 10.9 Å². The van der Waals surface area contributed by atoms with E-state index < -0.39 is 230 Å². The molecule has 2 aliphatic heterocycles. The van der Waals surface area contributed by atoms with Crippen LogP contribution in [-0.4, -0.2) is 260 Å². The number of amides is 15. The number of aromatic hydroxyl groups is 1. The number of hydrogen-bond donors (Lipinski definition) is 23. The number of aliphatic hydroxyl groups excluding tert-OH is 1. The van der Waals surface area contributed by atoms with Gasteiger partial charge in [0.2, 0.25) is 88.6 Å². The van der Waals surface area contributed by atoms with E-state index in [1.165, 1.54) is 29.2 Å². The number of nitrogens with two attached hydrogens (primary N) is 2. The van der Waals surface area contributed by atoms with Gasteiger partial charge in [0.05, 0.1) is 32.2 Å². The number of aromatic amines is 1. The highest BCUT2D eigenvalue weighted by Crippen LogP contribution is 2.23. The maximum atomic E-state index is 14.6. The predicted octanol–water partition coefficient (Wildman–Crippen LogP) is -4.28. The summed E-state index contributed by atoms with van der Waals surface area (Å²) in [7, 11) is 0. The number of aromatic nitrogens is 1. The Morgan fingerprint density at radius 3 is 1.64 bits per heavy atom. The number of carboxylic acid groups (broad SMARTS) is 2. The molecule has 39 nitrogen and oxygen atoms in total. The van der Waals surface area contributed by atoms with Crippen molar-refractivity contribution >= 4 is 137 Å². The molecule has 2 aliphatic rings. The molecule has 0 aliphatic carbocycles. The van der Waals surface area contributed by atoms with Gasteiger partial charge in [0, 0.05) is 60.8 Å². The number of carboxylic acids is 2. The number of primary amides is 1. The van der Waals surface area contributed by atoms with Gasteiger partial charge in [-0.15, -0.1) is 0 Å². The van der Waals surface area contributed by atoms with E-state index in [9.17, 15) is 102 Å². The number of nitrogens with one attached hydrogen (secondary N) is 15. The summed E-state index contributed by atoms with van der Waals surface area (Å²) in [5, 5.41) is 76.0. The Bertz CT molecular complexity index is 4210. The van der Waals surface area contributed by atoms with Crippen molar-refractivity contribution in [3.8, 4) is 5.75 Å². The average Bonchev–Trinajstić information content (AvgIpc) is 1.71. The van der Waals surface area contributed by atoms with Crippen LogP contribution < -0.4 is 85.9 Å². The summed E-state index contributed by atoms with van der Waals surface area (Å²) in [4.78, 5) is 236. The molecule has 650 valence electrons. The number of aliphatic hydroxyl groups is 1. The van der Waals surface area contributed by atoms with Gasteiger partial charge in [0.1, 0.15) is 78.3 Å². The van der Waals surface area contributed by atoms with Crippen LogP contribution in [0.1, 0.15) is 115 Å². The minimum Gasteiger partial charge on any atom is -0.508 e. The quantitative estimate of drug-likeness (QED) is 0.0147. The van der Waals surface area contributed by atoms with E-state index in [0.29, 0.717) is 66.2 Å². The van der Waals surface area contributed by atoms with Crippen molar-refractivity contribution < 1.29 is 102 Å². The van der Waals surface area contributed by atoms with Crippen LogP contribution >= 0.6 is 25.3 Å². The van der Waals surface area contributed by atoms with Crippen molar-refractivity contribution in [2.75, 3.05) is 50.8 Å². The lowest BCUT2D eigenvalue weighted by atomic mass is 9.97. The molecular weight excluding hydrogens is 1590 g/mol. The summed E-state index contributed by atoms with van der Waals surface area (Å²) in [6.45, 7) is 4.40. The lowest BCUT2D eigenvalue weighted by Crippen LogP contribution is -2.61. The van der Waals surface area contributed by atoms with E-state index in [1.807, 2.05) is 0 Å². The first-order valence-electron chi connectivity index (χ1n) is 39.2. The van der Waals surface area contributed by atoms with Crippen LogP contribution in [0.2, 0.25) is 0 Å². The van der Waals surface area contributed by atoms with Crippen LogP contribution in [0, 0.1) is 11.8 Å². The zero-order valence-corrected chi connectivity index (χ0v) is 68.3. The highest BCUT2D eigenvalue weighted by molar-refractivity contribution is 7.80. The van der Waals surface area contributed by atoms with E-state index in [4.69, 9.17) is 11.5 Å². The smallest absolute Gasteiger partial charge is 0.326 e. The molecule has 0 unspecified atom stereocenters. The minimum atomic E-state index is -1.88. The molecule has 1 aromatic heterocycles. The zero-order valence-electron chi connectivity index (χ0n) is 66.5. The number of carbonyl (C=O) groups excluding carboxylic acids is 15. The molecule has 3 aromatic carbocycles. The second-order valence-corrected chi connectivity index (χ2v) is 30.2. The summed E-state index contributed by atoms with van der Waals surface area (Å²) >= 11 is 8.65. The Morgan fingerprint density at radius 2 is 1.06 bits per heavy atom. The van der Waals surface area contributed by atoms with E-state index in [1.54, 1.807) is 88.5 Å². The SMILES string of the molecule is CC[C@H](C)[C@H](NC(=O)CNC(=O)[C@H](CO)NC(=O)[C@H](CCC(=O)O)NC(=O)CNC(=O)[C@H](Cc1ccc(O)cc1)NC(=O)[C@H](CS)NC(=O)[C@@H]1CCCN1C(=O)[C@H](CC(N)=O)NC(=O)[C@@H]1CCCN1)C(=O)N[C@@H](Cc1ccccc1)C(=O)N[C@@H](CS)C(=O)N[C@@H](Cc1c[nH]c2ccccc12)C(=O)N[C@@H](CCCCN)C(=O)N[C@H](C(=O)O)C(C)C. The van der Waals surface area contributed by atoms with Crippen molar-refractivity contribution in [1.29, 1.82) is 0 Å². The Labute approximate surface area is 697 Å². The number of phenolic OH excluding ortho intramolecular Hbond substituents is 1. The minimum absolute atomic E-state index is 0.0438. The van der Waals surface area contributed by atoms with Crippen molar-refractivity contribution in [2.45, 2.75) is 196 Å². The van der Waals surface area contributed by atoms with Crippen LogP contribution in [-0.2, 0) is 101 Å². The molecule has 2 fully saturated rings. The molecule has 4 aromatic rings. The van der Waals surface area contributed by atoms with Gasteiger partial charge >= 0.3 is 11.9 Å².